The van der Waals surface area contributed by atoms with E-state index in [-0.39, 0.29) is 6.10 Å². The van der Waals surface area contributed by atoms with Crippen LogP contribution in [0.25, 0.3) is 0 Å². The van der Waals surface area contributed by atoms with E-state index < -0.39 is 0 Å². The molecule has 0 spiro atoms. The van der Waals surface area contributed by atoms with Gasteiger partial charge in [0.25, 0.3) is 0 Å². The van der Waals surface area contributed by atoms with Crippen LogP contribution in [0.1, 0.15) is 12.6 Å². The van der Waals surface area contributed by atoms with Gasteiger partial charge in [-0.2, -0.15) is 0 Å². The average molecular weight is 236 g/mol. The molecular formula is C12H20N4O. The van der Waals surface area contributed by atoms with E-state index in [4.69, 9.17) is 4.74 Å². The van der Waals surface area contributed by atoms with Crippen LogP contribution in [0.15, 0.2) is 12.4 Å². The van der Waals surface area contributed by atoms with Gasteiger partial charge >= 0.3 is 0 Å². The molecule has 1 aliphatic rings. The lowest BCUT2D eigenvalue weighted by Gasteiger charge is -2.32. The summed E-state index contributed by atoms with van der Waals surface area (Å²) in [5, 5.41) is 3.30. The molecule has 0 radical (unpaired) electrons. The molecule has 5 nitrogen and oxygen atoms in total. The van der Waals surface area contributed by atoms with E-state index in [1.165, 1.54) is 0 Å². The van der Waals surface area contributed by atoms with Crippen molar-refractivity contribution >= 4 is 5.82 Å². The first-order valence-corrected chi connectivity index (χ1v) is 6.14. The summed E-state index contributed by atoms with van der Waals surface area (Å²) in [6.07, 6.45) is 1.83. The molecule has 0 aromatic carbocycles. The summed E-state index contributed by atoms with van der Waals surface area (Å²) in [4.78, 5) is 10.6. The topological polar surface area (TPSA) is 50.3 Å². The quantitative estimate of drug-likeness (QED) is 0.842. The van der Waals surface area contributed by atoms with Crippen molar-refractivity contribution < 1.29 is 4.74 Å². The van der Waals surface area contributed by atoms with E-state index in [0.29, 0.717) is 0 Å². The molecule has 2 rings (SSSR count). The Morgan fingerprint density at radius 1 is 1.53 bits per heavy atom. The van der Waals surface area contributed by atoms with Crippen molar-refractivity contribution in [1.82, 2.24) is 14.9 Å². The SMILES string of the molecule is CCN1CCOC(CNc2cc(C)ncn2)C1. The molecule has 1 atom stereocenters. The van der Waals surface area contributed by atoms with E-state index in [1.807, 2.05) is 13.0 Å². The van der Waals surface area contributed by atoms with Gasteiger partial charge in [0.05, 0.1) is 12.7 Å². The maximum atomic E-state index is 5.71. The van der Waals surface area contributed by atoms with Crippen molar-refractivity contribution in [3.05, 3.63) is 18.1 Å². The standard InChI is InChI=1S/C12H20N4O/c1-3-16-4-5-17-11(8-16)7-13-12-6-10(2)14-9-15-12/h6,9,11H,3-5,7-8H2,1-2H3,(H,13,14,15). The zero-order valence-corrected chi connectivity index (χ0v) is 10.5. The third kappa shape index (κ3) is 3.64. The number of nitrogens with zero attached hydrogens (tertiary/aromatic N) is 3. The Bertz CT molecular complexity index is 358. The van der Waals surface area contributed by atoms with Crippen LogP contribution < -0.4 is 5.32 Å². The number of morpholine rings is 1. The number of rotatable bonds is 4. The first-order valence-electron chi connectivity index (χ1n) is 6.14. The Hall–Kier alpha value is -1.20. The van der Waals surface area contributed by atoms with Crippen molar-refractivity contribution in [2.45, 2.75) is 20.0 Å². The van der Waals surface area contributed by atoms with Gasteiger partial charge in [-0.1, -0.05) is 6.92 Å². The Balaban J connectivity index is 1.81. The van der Waals surface area contributed by atoms with Crippen molar-refractivity contribution in [3.8, 4) is 0 Å². The Morgan fingerprint density at radius 2 is 2.41 bits per heavy atom. The Morgan fingerprint density at radius 3 is 3.18 bits per heavy atom. The van der Waals surface area contributed by atoms with Crippen LogP contribution in [0.4, 0.5) is 5.82 Å². The number of ether oxygens (including phenoxy) is 1. The number of nitrogens with one attached hydrogen (secondary N) is 1. The first kappa shape index (κ1) is 12.3. The van der Waals surface area contributed by atoms with Gasteiger partial charge in [-0.15, -0.1) is 0 Å². The van der Waals surface area contributed by atoms with E-state index in [9.17, 15) is 0 Å². The molecule has 1 N–H and O–H groups in total. The van der Waals surface area contributed by atoms with Crippen LogP contribution in [0.3, 0.4) is 0 Å². The third-order valence-corrected chi connectivity index (χ3v) is 2.98. The van der Waals surface area contributed by atoms with Crippen LogP contribution in [-0.4, -0.2) is 53.8 Å². The molecule has 1 aromatic rings. The fraction of sp³-hybridized carbons (Fsp3) is 0.667. The molecule has 1 fully saturated rings. The summed E-state index contributed by atoms with van der Waals surface area (Å²) in [5.74, 6) is 0.870. The lowest BCUT2D eigenvalue weighted by Crippen LogP contribution is -2.45. The fourth-order valence-electron chi connectivity index (χ4n) is 1.96. The summed E-state index contributed by atoms with van der Waals surface area (Å²) in [7, 11) is 0. The highest BCUT2D eigenvalue weighted by Gasteiger charge is 2.18. The van der Waals surface area contributed by atoms with Crippen molar-refractivity contribution in [1.29, 1.82) is 0 Å². The number of likely N-dealkylation sites (N-methyl/N-ethyl adjacent to an activating group) is 1. The predicted octanol–water partition coefficient (Wildman–Crippen LogP) is 0.918. The number of anilines is 1. The van der Waals surface area contributed by atoms with Gasteiger partial charge in [0.15, 0.2) is 0 Å². The van der Waals surface area contributed by atoms with Gasteiger partial charge in [-0.05, 0) is 13.5 Å². The van der Waals surface area contributed by atoms with Crippen LogP contribution >= 0.6 is 0 Å². The average Bonchev–Trinajstić information content (AvgIpc) is 2.37. The van der Waals surface area contributed by atoms with Gasteiger partial charge in [0.2, 0.25) is 0 Å². The highest BCUT2D eigenvalue weighted by molar-refractivity contribution is 5.34. The van der Waals surface area contributed by atoms with Gasteiger partial charge in [-0.25, -0.2) is 9.97 Å². The maximum Gasteiger partial charge on any atom is 0.129 e. The summed E-state index contributed by atoms with van der Waals surface area (Å²) in [6, 6.07) is 1.94. The normalized spacial score (nSPS) is 21.4. The molecule has 1 aromatic heterocycles. The second-order valence-electron chi connectivity index (χ2n) is 4.31. The minimum atomic E-state index is 0.249. The molecule has 1 unspecified atom stereocenters. The van der Waals surface area contributed by atoms with Gasteiger partial charge < -0.3 is 10.1 Å². The maximum absolute atomic E-state index is 5.71. The van der Waals surface area contributed by atoms with Crippen molar-refractivity contribution in [2.75, 3.05) is 38.1 Å². The second kappa shape index (κ2) is 5.93. The monoisotopic (exact) mass is 236 g/mol. The lowest BCUT2D eigenvalue weighted by atomic mass is 10.2. The molecule has 17 heavy (non-hydrogen) atoms. The molecule has 1 aliphatic heterocycles. The van der Waals surface area contributed by atoms with Crippen molar-refractivity contribution in [3.63, 3.8) is 0 Å². The molecule has 1 saturated heterocycles. The molecule has 0 saturated carbocycles. The first-order chi connectivity index (χ1) is 8.28. The van der Waals surface area contributed by atoms with Gasteiger partial charge in [0, 0.05) is 31.4 Å². The van der Waals surface area contributed by atoms with E-state index in [1.54, 1.807) is 6.33 Å². The summed E-state index contributed by atoms with van der Waals surface area (Å²) in [5.41, 5.74) is 0.974. The van der Waals surface area contributed by atoms with Crippen LogP contribution in [0, 0.1) is 6.92 Å². The number of aryl methyl sites for hydroxylation is 1. The Kier molecular flexibility index (Phi) is 4.28. The number of hydrogen-bond donors (Lipinski definition) is 1. The zero-order valence-electron chi connectivity index (χ0n) is 10.5. The molecule has 94 valence electrons. The van der Waals surface area contributed by atoms with Crippen LogP contribution in [0.2, 0.25) is 0 Å². The summed E-state index contributed by atoms with van der Waals surface area (Å²) < 4.78 is 5.71. The van der Waals surface area contributed by atoms with E-state index >= 15 is 0 Å². The minimum absolute atomic E-state index is 0.249. The minimum Gasteiger partial charge on any atom is -0.374 e. The largest absolute Gasteiger partial charge is 0.374 e. The van der Waals surface area contributed by atoms with Gasteiger partial charge in [-0.3, -0.25) is 4.90 Å². The molecule has 5 heteroatoms. The molecule has 2 heterocycles. The number of aromatic nitrogens is 2. The molecule has 0 aliphatic carbocycles. The van der Waals surface area contributed by atoms with E-state index in [2.05, 4.69) is 27.1 Å². The van der Waals surface area contributed by atoms with Crippen LogP contribution in [0.5, 0.6) is 0 Å². The molecule has 0 bridgehead atoms. The van der Waals surface area contributed by atoms with Crippen molar-refractivity contribution in [2.24, 2.45) is 0 Å². The number of hydrogen-bond acceptors (Lipinski definition) is 5. The smallest absolute Gasteiger partial charge is 0.129 e. The summed E-state index contributed by atoms with van der Waals surface area (Å²) >= 11 is 0. The highest BCUT2D eigenvalue weighted by atomic mass is 16.5. The molecular weight excluding hydrogens is 216 g/mol. The molecule has 0 amide bonds. The second-order valence-corrected chi connectivity index (χ2v) is 4.31. The zero-order chi connectivity index (χ0) is 12.1. The third-order valence-electron chi connectivity index (χ3n) is 2.98. The Labute approximate surface area is 102 Å². The highest BCUT2D eigenvalue weighted by Crippen LogP contribution is 2.07. The lowest BCUT2D eigenvalue weighted by molar-refractivity contribution is -0.0192. The van der Waals surface area contributed by atoms with E-state index in [0.717, 1.165) is 44.3 Å². The predicted molar refractivity (Wildman–Crippen MR) is 67.1 cm³/mol. The summed E-state index contributed by atoms with van der Waals surface area (Å²) in [6.45, 7) is 8.89. The van der Waals surface area contributed by atoms with Crippen LogP contribution in [-0.2, 0) is 4.74 Å². The fourth-order valence-corrected chi connectivity index (χ4v) is 1.96. The van der Waals surface area contributed by atoms with Gasteiger partial charge in [0.1, 0.15) is 12.1 Å².